The average molecular weight is 554 g/mol. The summed E-state index contributed by atoms with van der Waals surface area (Å²) < 4.78 is 25.7. The summed E-state index contributed by atoms with van der Waals surface area (Å²) in [5, 5.41) is 6.84. The summed E-state index contributed by atoms with van der Waals surface area (Å²) >= 11 is 5.96. The van der Waals surface area contributed by atoms with Crippen molar-refractivity contribution in [2.24, 2.45) is 0 Å². The number of anilines is 3. The number of carbonyl (C=O) groups excluding carboxylic acids is 1. The van der Waals surface area contributed by atoms with E-state index in [0.29, 0.717) is 40.4 Å². The molecule has 1 saturated heterocycles. The van der Waals surface area contributed by atoms with E-state index in [4.69, 9.17) is 21.1 Å². The number of likely N-dealkylation sites (N-methyl/N-ethyl adjacent to an activating group) is 1. The minimum absolute atomic E-state index is 0.00626. The fraction of sp³-hybridized carbons (Fsp3) is 0.414. The van der Waals surface area contributed by atoms with Gasteiger partial charge in [0.25, 0.3) is 0 Å². The summed E-state index contributed by atoms with van der Waals surface area (Å²) in [4.78, 5) is 23.9. The lowest BCUT2D eigenvalue weighted by molar-refractivity contribution is -0.111. The van der Waals surface area contributed by atoms with Crippen LogP contribution in [-0.2, 0) is 9.53 Å². The Kier molecular flexibility index (Phi) is 8.91. The SMILES string of the molecule is CN(CC=CC(=O)Nc1cc2c(Nc3ccc(F)c(Cl)c3)ncnc2cc1OC1CCCC1)C[C@H]1CCCO1. The van der Waals surface area contributed by atoms with Crippen LogP contribution in [0.1, 0.15) is 38.5 Å². The van der Waals surface area contributed by atoms with E-state index in [0.717, 1.165) is 51.7 Å². The van der Waals surface area contributed by atoms with Gasteiger partial charge in [0.2, 0.25) is 5.91 Å². The van der Waals surface area contributed by atoms with Gasteiger partial charge in [0.05, 0.1) is 28.4 Å². The summed E-state index contributed by atoms with van der Waals surface area (Å²) in [6.07, 6.45) is 11.6. The Morgan fingerprint density at radius 1 is 1.21 bits per heavy atom. The third-order valence-electron chi connectivity index (χ3n) is 7.00. The summed E-state index contributed by atoms with van der Waals surface area (Å²) in [6.45, 7) is 2.30. The molecule has 3 aromatic rings. The van der Waals surface area contributed by atoms with E-state index in [1.54, 1.807) is 6.07 Å². The Morgan fingerprint density at radius 2 is 2.05 bits per heavy atom. The lowest BCUT2D eigenvalue weighted by Gasteiger charge is -2.19. The average Bonchev–Trinajstić information content (AvgIpc) is 3.62. The van der Waals surface area contributed by atoms with E-state index in [1.807, 2.05) is 25.3 Å². The zero-order chi connectivity index (χ0) is 27.2. The summed E-state index contributed by atoms with van der Waals surface area (Å²) in [7, 11) is 2.02. The maximum Gasteiger partial charge on any atom is 0.248 e. The molecule has 2 fully saturated rings. The van der Waals surface area contributed by atoms with E-state index in [1.165, 1.54) is 24.5 Å². The molecule has 0 unspecified atom stereocenters. The summed E-state index contributed by atoms with van der Waals surface area (Å²) in [6, 6.07) is 7.99. The predicted octanol–water partition coefficient (Wildman–Crippen LogP) is 6.09. The van der Waals surface area contributed by atoms with E-state index in [-0.39, 0.29) is 23.1 Å². The topological polar surface area (TPSA) is 88.6 Å². The molecule has 0 radical (unpaired) electrons. The lowest BCUT2D eigenvalue weighted by Crippen LogP contribution is -2.28. The largest absolute Gasteiger partial charge is 0.488 e. The van der Waals surface area contributed by atoms with Crippen LogP contribution >= 0.6 is 11.6 Å². The molecular weight excluding hydrogens is 521 g/mol. The van der Waals surface area contributed by atoms with Crippen molar-refractivity contribution in [2.45, 2.75) is 50.7 Å². The first-order valence-electron chi connectivity index (χ1n) is 13.4. The van der Waals surface area contributed by atoms with Crippen molar-refractivity contribution in [3.05, 3.63) is 59.7 Å². The number of fused-ring (bicyclic) bond motifs is 1. The molecule has 1 aliphatic heterocycles. The Labute approximate surface area is 232 Å². The van der Waals surface area contributed by atoms with Crippen molar-refractivity contribution in [2.75, 3.05) is 37.4 Å². The van der Waals surface area contributed by atoms with Gasteiger partial charge in [-0.25, -0.2) is 14.4 Å². The summed E-state index contributed by atoms with van der Waals surface area (Å²) in [5.41, 5.74) is 1.76. The minimum Gasteiger partial charge on any atom is -0.488 e. The standard InChI is InChI=1S/C29H33ClFN5O3/c1-36(17-21-8-5-13-38-21)12-4-9-28(37)35-26-15-22-25(16-27(26)39-20-6-2-3-7-20)32-18-33-29(22)34-19-10-11-24(31)23(30)14-19/h4,9-11,14-16,18,20-21H,2-3,5-8,12-13,17H2,1H3,(H,35,37)(H,32,33,34)/t21-/m1/s1. The molecule has 2 heterocycles. The fourth-order valence-electron chi connectivity index (χ4n) is 5.00. The molecule has 2 N–H and O–H groups in total. The fourth-order valence-corrected chi connectivity index (χ4v) is 5.18. The first kappa shape index (κ1) is 27.3. The number of ether oxygens (including phenoxy) is 2. The molecule has 2 aliphatic rings. The van der Waals surface area contributed by atoms with Gasteiger partial charge in [-0.05, 0) is 69.8 Å². The molecular formula is C29H33ClFN5O3. The molecule has 1 aliphatic carbocycles. The molecule has 1 atom stereocenters. The van der Waals surface area contributed by atoms with Crippen molar-refractivity contribution in [1.82, 2.24) is 14.9 Å². The predicted molar refractivity (Wildman–Crippen MR) is 151 cm³/mol. The zero-order valence-electron chi connectivity index (χ0n) is 22.0. The maximum absolute atomic E-state index is 13.6. The number of aromatic nitrogens is 2. The van der Waals surface area contributed by atoms with Gasteiger partial charge < -0.3 is 25.0 Å². The second-order valence-electron chi connectivity index (χ2n) is 10.1. The Balaban J connectivity index is 1.36. The smallest absolute Gasteiger partial charge is 0.248 e. The number of benzene rings is 2. The number of carbonyl (C=O) groups is 1. The van der Waals surface area contributed by atoms with Crippen LogP contribution in [0.2, 0.25) is 5.02 Å². The Morgan fingerprint density at radius 3 is 2.82 bits per heavy atom. The zero-order valence-corrected chi connectivity index (χ0v) is 22.7. The molecule has 10 heteroatoms. The van der Waals surface area contributed by atoms with Gasteiger partial charge in [-0.1, -0.05) is 17.7 Å². The highest BCUT2D eigenvalue weighted by Gasteiger charge is 2.20. The number of hydrogen-bond donors (Lipinski definition) is 2. The molecule has 5 rings (SSSR count). The van der Waals surface area contributed by atoms with Gasteiger partial charge in [-0.15, -0.1) is 0 Å². The van der Waals surface area contributed by atoms with Crippen LogP contribution in [0.4, 0.5) is 21.6 Å². The molecule has 0 spiro atoms. The summed E-state index contributed by atoms with van der Waals surface area (Å²) in [5.74, 6) is 0.311. The van der Waals surface area contributed by atoms with Crippen LogP contribution < -0.4 is 15.4 Å². The first-order chi connectivity index (χ1) is 18.9. The molecule has 1 amide bonds. The van der Waals surface area contributed by atoms with Crippen LogP contribution in [0.15, 0.2) is 48.8 Å². The third kappa shape index (κ3) is 7.23. The number of rotatable bonds is 10. The first-order valence-corrected chi connectivity index (χ1v) is 13.8. The monoisotopic (exact) mass is 553 g/mol. The normalized spacial score (nSPS) is 17.9. The van der Waals surface area contributed by atoms with Crippen molar-refractivity contribution >= 4 is 45.6 Å². The number of hydrogen-bond acceptors (Lipinski definition) is 7. The molecule has 0 bridgehead atoms. The number of amides is 1. The van der Waals surface area contributed by atoms with Gasteiger partial charge in [0.15, 0.2) is 0 Å². The maximum atomic E-state index is 13.6. The number of halogens is 2. The van der Waals surface area contributed by atoms with Crippen LogP contribution in [0.5, 0.6) is 5.75 Å². The van der Waals surface area contributed by atoms with Crippen LogP contribution in [0, 0.1) is 5.82 Å². The van der Waals surface area contributed by atoms with Gasteiger partial charge in [0, 0.05) is 42.9 Å². The van der Waals surface area contributed by atoms with Crippen molar-refractivity contribution < 1.29 is 18.7 Å². The van der Waals surface area contributed by atoms with E-state index >= 15 is 0 Å². The molecule has 206 valence electrons. The van der Waals surface area contributed by atoms with Gasteiger partial charge in [-0.3, -0.25) is 4.79 Å². The van der Waals surface area contributed by atoms with Crippen molar-refractivity contribution in [3.63, 3.8) is 0 Å². The molecule has 8 nitrogen and oxygen atoms in total. The highest BCUT2D eigenvalue weighted by Crippen LogP contribution is 2.36. The van der Waals surface area contributed by atoms with Gasteiger partial charge in [0.1, 0.15) is 23.7 Å². The quantitative estimate of drug-likeness (QED) is 0.294. The molecule has 2 aromatic carbocycles. The van der Waals surface area contributed by atoms with Gasteiger partial charge >= 0.3 is 0 Å². The van der Waals surface area contributed by atoms with Crippen LogP contribution in [0.25, 0.3) is 10.9 Å². The van der Waals surface area contributed by atoms with Crippen molar-refractivity contribution in [3.8, 4) is 5.75 Å². The second kappa shape index (κ2) is 12.7. The van der Waals surface area contributed by atoms with Crippen LogP contribution in [-0.4, -0.2) is 59.7 Å². The second-order valence-corrected chi connectivity index (χ2v) is 10.5. The highest BCUT2D eigenvalue weighted by atomic mass is 35.5. The third-order valence-corrected chi connectivity index (χ3v) is 7.29. The van der Waals surface area contributed by atoms with Gasteiger partial charge in [-0.2, -0.15) is 0 Å². The van der Waals surface area contributed by atoms with E-state index in [2.05, 4.69) is 25.5 Å². The number of nitrogens with one attached hydrogen (secondary N) is 2. The van der Waals surface area contributed by atoms with E-state index in [9.17, 15) is 9.18 Å². The number of nitrogens with zero attached hydrogens (tertiary/aromatic N) is 3. The van der Waals surface area contributed by atoms with E-state index < -0.39 is 5.82 Å². The van der Waals surface area contributed by atoms with Crippen LogP contribution in [0.3, 0.4) is 0 Å². The molecule has 39 heavy (non-hydrogen) atoms. The van der Waals surface area contributed by atoms with Crippen molar-refractivity contribution in [1.29, 1.82) is 0 Å². The lowest BCUT2D eigenvalue weighted by atomic mass is 10.1. The Bertz CT molecular complexity index is 1340. The minimum atomic E-state index is -0.500. The molecule has 1 saturated carbocycles. The molecule has 1 aromatic heterocycles. The highest BCUT2D eigenvalue weighted by molar-refractivity contribution is 6.31. The Hall–Kier alpha value is -3.27.